The van der Waals surface area contributed by atoms with Crippen LogP contribution in [0.2, 0.25) is 0 Å². The Morgan fingerprint density at radius 2 is 1.80 bits per heavy atom. The van der Waals surface area contributed by atoms with E-state index in [4.69, 9.17) is 0 Å². The Kier molecular flexibility index (Phi) is 5.00. The molecule has 2 saturated heterocycles. The van der Waals surface area contributed by atoms with Gasteiger partial charge in [0.1, 0.15) is 0 Å². The van der Waals surface area contributed by atoms with Crippen LogP contribution >= 0.6 is 0 Å². The molecule has 2 atom stereocenters. The minimum atomic E-state index is 0.762. The summed E-state index contributed by atoms with van der Waals surface area (Å²) in [5.74, 6) is 0. The Morgan fingerprint density at radius 3 is 2.45 bits per heavy atom. The van der Waals surface area contributed by atoms with Crippen LogP contribution in [0.5, 0.6) is 0 Å². The fraction of sp³-hybridized carbons (Fsp3) is 1.00. The van der Waals surface area contributed by atoms with Crippen molar-refractivity contribution in [3.8, 4) is 0 Å². The first kappa shape index (κ1) is 14.8. The van der Waals surface area contributed by atoms with E-state index in [1.165, 1.54) is 71.1 Å². The smallest absolute Gasteiger partial charge is 0.0212 e. The van der Waals surface area contributed by atoms with Crippen LogP contribution in [-0.2, 0) is 0 Å². The van der Waals surface area contributed by atoms with Crippen LogP contribution in [0.25, 0.3) is 0 Å². The van der Waals surface area contributed by atoms with Gasteiger partial charge in [0.25, 0.3) is 0 Å². The van der Waals surface area contributed by atoms with Crippen LogP contribution in [0.1, 0.15) is 58.8 Å². The third kappa shape index (κ3) is 3.75. The predicted molar refractivity (Wildman–Crippen MR) is 85.1 cm³/mol. The molecule has 0 aromatic carbocycles. The van der Waals surface area contributed by atoms with E-state index >= 15 is 0 Å². The highest BCUT2D eigenvalue weighted by Gasteiger charge is 2.39. The molecule has 3 aliphatic rings. The standard InChI is InChI=1S/C17H33N3/c1-3-4-9-19-10-7-15(8-11-19)18-16-12-14(2)20(13-16)17-5-6-17/h14-18H,3-13H2,1-2H3. The van der Waals surface area contributed by atoms with Crippen LogP contribution in [0.3, 0.4) is 0 Å². The van der Waals surface area contributed by atoms with E-state index in [0.29, 0.717) is 0 Å². The van der Waals surface area contributed by atoms with E-state index in [9.17, 15) is 0 Å². The first-order valence-corrected chi connectivity index (χ1v) is 9.00. The predicted octanol–water partition coefficient (Wildman–Crippen LogP) is 2.47. The Balaban J connectivity index is 1.37. The number of rotatable bonds is 6. The Hall–Kier alpha value is -0.120. The lowest BCUT2D eigenvalue weighted by atomic mass is 10.0. The van der Waals surface area contributed by atoms with Crippen molar-refractivity contribution in [2.24, 2.45) is 0 Å². The molecule has 116 valence electrons. The Morgan fingerprint density at radius 1 is 1.05 bits per heavy atom. The van der Waals surface area contributed by atoms with Crippen LogP contribution in [-0.4, -0.2) is 60.1 Å². The summed E-state index contributed by atoms with van der Waals surface area (Å²) in [5.41, 5.74) is 0. The lowest BCUT2D eigenvalue weighted by Crippen LogP contribution is -2.47. The number of unbranched alkanes of at least 4 members (excludes halogenated alkanes) is 1. The van der Waals surface area contributed by atoms with Gasteiger partial charge in [-0.1, -0.05) is 13.3 Å². The SMILES string of the molecule is CCCCN1CCC(NC2CC(C)N(C3CC3)C2)CC1. The van der Waals surface area contributed by atoms with Gasteiger partial charge in [0.2, 0.25) is 0 Å². The topological polar surface area (TPSA) is 18.5 Å². The summed E-state index contributed by atoms with van der Waals surface area (Å²) in [6.07, 6.45) is 9.69. The summed E-state index contributed by atoms with van der Waals surface area (Å²) in [6, 6.07) is 3.29. The van der Waals surface area contributed by atoms with Gasteiger partial charge in [-0.3, -0.25) is 4.90 Å². The van der Waals surface area contributed by atoms with Crippen molar-refractivity contribution in [3.05, 3.63) is 0 Å². The molecule has 3 fully saturated rings. The van der Waals surface area contributed by atoms with Crippen molar-refractivity contribution in [1.82, 2.24) is 15.1 Å². The lowest BCUT2D eigenvalue weighted by molar-refractivity contribution is 0.187. The fourth-order valence-corrected chi connectivity index (χ4v) is 4.13. The number of nitrogens with zero attached hydrogens (tertiary/aromatic N) is 2. The van der Waals surface area contributed by atoms with Crippen molar-refractivity contribution in [2.45, 2.75) is 83.0 Å². The van der Waals surface area contributed by atoms with E-state index < -0.39 is 0 Å². The zero-order valence-electron chi connectivity index (χ0n) is 13.5. The summed E-state index contributed by atoms with van der Waals surface area (Å²) in [4.78, 5) is 5.42. The third-order valence-electron chi connectivity index (χ3n) is 5.53. The average Bonchev–Trinajstić information content (AvgIpc) is 3.23. The minimum absolute atomic E-state index is 0.762. The fourth-order valence-electron chi connectivity index (χ4n) is 4.13. The van der Waals surface area contributed by atoms with Crippen molar-refractivity contribution in [2.75, 3.05) is 26.2 Å². The zero-order valence-corrected chi connectivity index (χ0v) is 13.5. The van der Waals surface area contributed by atoms with E-state index in [0.717, 1.165) is 24.2 Å². The summed E-state index contributed by atoms with van der Waals surface area (Å²) < 4.78 is 0. The highest BCUT2D eigenvalue weighted by molar-refractivity contribution is 4.97. The van der Waals surface area contributed by atoms with Gasteiger partial charge in [0.15, 0.2) is 0 Å². The first-order chi connectivity index (χ1) is 9.76. The molecule has 1 N–H and O–H groups in total. The van der Waals surface area contributed by atoms with E-state index in [1.807, 2.05) is 0 Å². The lowest BCUT2D eigenvalue weighted by Gasteiger charge is -2.34. The maximum atomic E-state index is 3.97. The number of likely N-dealkylation sites (tertiary alicyclic amines) is 2. The van der Waals surface area contributed by atoms with Crippen molar-refractivity contribution < 1.29 is 0 Å². The number of hydrogen-bond acceptors (Lipinski definition) is 3. The number of nitrogens with one attached hydrogen (secondary N) is 1. The summed E-state index contributed by atoms with van der Waals surface area (Å²) in [7, 11) is 0. The molecule has 1 saturated carbocycles. The quantitative estimate of drug-likeness (QED) is 0.806. The second-order valence-electron chi connectivity index (χ2n) is 7.35. The molecule has 0 amide bonds. The van der Waals surface area contributed by atoms with Gasteiger partial charge in [0.05, 0.1) is 0 Å². The molecule has 1 aliphatic carbocycles. The Bertz CT molecular complexity index is 295. The zero-order chi connectivity index (χ0) is 13.9. The molecule has 0 bridgehead atoms. The molecule has 3 rings (SSSR count). The van der Waals surface area contributed by atoms with Crippen molar-refractivity contribution >= 4 is 0 Å². The summed E-state index contributed by atoms with van der Waals surface area (Å²) in [6.45, 7) is 9.97. The molecule has 2 unspecified atom stereocenters. The highest BCUT2D eigenvalue weighted by Crippen LogP contribution is 2.33. The van der Waals surface area contributed by atoms with Gasteiger partial charge in [-0.05, 0) is 65.1 Å². The molecular formula is C17H33N3. The second-order valence-corrected chi connectivity index (χ2v) is 7.35. The highest BCUT2D eigenvalue weighted by atomic mass is 15.3. The van der Waals surface area contributed by atoms with Crippen molar-refractivity contribution in [1.29, 1.82) is 0 Å². The molecule has 0 aromatic rings. The molecule has 20 heavy (non-hydrogen) atoms. The molecule has 2 heterocycles. The first-order valence-electron chi connectivity index (χ1n) is 9.00. The summed E-state index contributed by atoms with van der Waals surface area (Å²) in [5, 5.41) is 3.97. The van der Waals surface area contributed by atoms with E-state index in [1.54, 1.807) is 0 Å². The number of hydrogen-bond donors (Lipinski definition) is 1. The molecule has 3 heteroatoms. The van der Waals surface area contributed by atoms with Gasteiger partial charge >= 0.3 is 0 Å². The molecule has 0 spiro atoms. The molecule has 2 aliphatic heterocycles. The van der Waals surface area contributed by atoms with Gasteiger partial charge in [-0.15, -0.1) is 0 Å². The van der Waals surface area contributed by atoms with E-state index in [-0.39, 0.29) is 0 Å². The largest absolute Gasteiger partial charge is 0.310 e. The maximum absolute atomic E-state index is 3.97. The summed E-state index contributed by atoms with van der Waals surface area (Å²) >= 11 is 0. The van der Waals surface area contributed by atoms with Crippen LogP contribution in [0.15, 0.2) is 0 Å². The number of piperidine rings is 1. The Labute approximate surface area is 125 Å². The third-order valence-corrected chi connectivity index (χ3v) is 5.53. The van der Waals surface area contributed by atoms with Gasteiger partial charge in [-0.2, -0.15) is 0 Å². The monoisotopic (exact) mass is 279 g/mol. The minimum Gasteiger partial charge on any atom is -0.310 e. The van der Waals surface area contributed by atoms with E-state index in [2.05, 4.69) is 29.0 Å². The van der Waals surface area contributed by atoms with Crippen molar-refractivity contribution in [3.63, 3.8) is 0 Å². The average molecular weight is 279 g/mol. The maximum Gasteiger partial charge on any atom is 0.0212 e. The van der Waals surface area contributed by atoms with Gasteiger partial charge < -0.3 is 10.2 Å². The van der Waals surface area contributed by atoms with Crippen LogP contribution < -0.4 is 5.32 Å². The van der Waals surface area contributed by atoms with Gasteiger partial charge in [0, 0.05) is 30.7 Å². The molecular weight excluding hydrogens is 246 g/mol. The van der Waals surface area contributed by atoms with Crippen LogP contribution in [0, 0.1) is 0 Å². The molecule has 0 aromatic heterocycles. The second kappa shape index (κ2) is 6.76. The van der Waals surface area contributed by atoms with Gasteiger partial charge in [-0.25, -0.2) is 0 Å². The normalized spacial score (nSPS) is 33.9. The molecule has 0 radical (unpaired) electrons. The van der Waals surface area contributed by atoms with Crippen LogP contribution in [0.4, 0.5) is 0 Å². The molecule has 3 nitrogen and oxygen atoms in total.